The van der Waals surface area contributed by atoms with Crippen molar-refractivity contribution in [1.82, 2.24) is 0 Å². The van der Waals surface area contributed by atoms with Crippen molar-refractivity contribution in [2.75, 3.05) is 0 Å². The molecule has 1 aromatic rings. The Hall–Kier alpha value is -1.83. The van der Waals surface area contributed by atoms with Gasteiger partial charge >= 0.3 is 5.97 Å². The molecule has 0 saturated heterocycles. The SMILES string of the molecule is CCCC=CC(=Cc1ccccc1)C(=O)O. The number of rotatable bonds is 5. The third-order valence-electron chi connectivity index (χ3n) is 2.12. The van der Waals surface area contributed by atoms with E-state index < -0.39 is 5.97 Å². The summed E-state index contributed by atoms with van der Waals surface area (Å²) in [6, 6.07) is 9.46. The molecule has 84 valence electrons. The van der Waals surface area contributed by atoms with Gasteiger partial charge in [0.15, 0.2) is 0 Å². The van der Waals surface area contributed by atoms with Crippen molar-refractivity contribution in [3.05, 3.63) is 53.6 Å². The quantitative estimate of drug-likeness (QED) is 0.604. The maximum atomic E-state index is 11.0. The van der Waals surface area contributed by atoms with Crippen LogP contribution in [-0.4, -0.2) is 11.1 Å². The summed E-state index contributed by atoms with van der Waals surface area (Å²) in [7, 11) is 0. The van der Waals surface area contributed by atoms with Crippen molar-refractivity contribution in [2.24, 2.45) is 0 Å². The Morgan fingerprint density at radius 2 is 2.00 bits per heavy atom. The van der Waals surface area contributed by atoms with E-state index in [9.17, 15) is 4.79 Å². The second-order valence-electron chi connectivity index (χ2n) is 3.51. The van der Waals surface area contributed by atoms with Crippen LogP contribution in [0.4, 0.5) is 0 Å². The molecule has 1 rings (SSSR count). The lowest BCUT2D eigenvalue weighted by molar-refractivity contribution is -0.132. The molecule has 0 spiro atoms. The van der Waals surface area contributed by atoms with Gasteiger partial charge in [-0.25, -0.2) is 4.79 Å². The summed E-state index contributed by atoms with van der Waals surface area (Å²) < 4.78 is 0. The smallest absolute Gasteiger partial charge is 0.335 e. The zero-order chi connectivity index (χ0) is 11.8. The highest BCUT2D eigenvalue weighted by molar-refractivity contribution is 5.95. The van der Waals surface area contributed by atoms with Gasteiger partial charge in [-0.3, -0.25) is 0 Å². The Labute approximate surface area is 95.9 Å². The van der Waals surface area contributed by atoms with E-state index in [1.54, 1.807) is 12.2 Å². The predicted octanol–water partition coefficient (Wildman–Crippen LogP) is 3.51. The van der Waals surface area contributed by atoms with Crippen LogP contribution in [0.15, 0.2) is 48.1 Å². The van der Waals surface area contributed by atoms with Crippen LogP contribution >= 0.6 is 0 Å². The fourth-order valence-electron chi connectivity index (χ4n) is 1.29. The summed E-state index contributed by atoms with van der Waals surface area (Å²) in [6.07, 6.45) is 7.16. The minimum atomic E-state index is -0.892. The number of carbonyl (C=O) groups is 1. The summed E-state index contributed by atoms with van der Waals surface area (Å²) >= 11 is 0. The highest BCUT2D eigenvalue weighted by Gasteiger charge is 2.02. The zero-order valence-electron chi connectivity index (χ0n) is 9.39. The normalized spacial score (nSPS) is 11.9. The van der Waals surface area contributed by atoms with Crippen molar-refractivity contribution in [3.8, 4) is 0 Å². The molecule has 2 heteroatoms. The Morgan fingerprint density at radius 1 is 1.31 bits per heavy atom. The largest absolute Gasteiger partial charge is 0.478 e. The van der Waals surface area contributed by atoms with Gasteiger partial charge in [-0.15, -0.1) is 0 Å². The van der Waals surface area contributed by atoms with Crippen molar-refractivity contribution < 1.29 is 9.90 Å². The molecule has 0 atom stereocenters. The van der Waals surface area contributed by atoms with E-state index in [1.807, 2.05) is 36.4 Å². The van der Waals surface area contributed by atoms with E-state index in [1.165, 1.54) is 0 Å². The van der Waals surface area contributed by atoms with Gasteiger partial charge in [-0.2, -0.15) is 0 Å². The van der Waals surface area contributed by atoms with Crippen LogP contribution in [0.2, 0.25) is 0 Å². The Kier molecular flexibility index (Phi) is 5.06. The van der Waals surface area contributed by atoms with Crippen LogP contribution in [0.25, 0.3) is 6.08 Å². The molecule has 2 nitrogen and oxygen atoms in total. The molecule has 0 unspecified atom stereocenters. The summed E-state index contributed by atoms with van der Waals surface area (Å²) in [5.74, 6) is -0.892. The molecule has 0 heterocycles. The number of hydrogen-bond donors (Lipinski definition) is 1. The average Bonchev–Trinajstić information content (AvgIpc) is 2.29. The number of allylic oxidation sites excluding steroid dienone is 1. The van der Waals surface area contributed by atoms with Crippen LogP contribution in [0.3, 0.4) is 0 Å². The lowest BCUT2D eigenvalue weighted by atomic mass is 10.1. The number of hydrogen-bond acceptors (Lipinski definition) is 1. The van der Waals surface area contributed by atoms with Crippen LogP contribution in [-0.2, 0) is 4.79 Å². The molecular formula is C14H16O2. The maximum Gasteiger partial charge on any atom is 0.335 e. The Balaban J connectivity index is 2.86. The summed E-state index contributed by atoms with van der Waals surface area (Å²) in [6.45, 7) is 2.06. The highest BCUT2D eigenvalue weighted by atomic mass is 16.4. The molecule has 0 aliphatic carbocycles. The predicted molar refractivity (Wildman–Crippen MR) is 66.1 cm³/mol. The molecule has 0 bridgehead atoms. The first-order valence-electron chi connectivity index (χ1n) is 5.40. The molecule has 1 aromatic carbocycles. The first kappa shape index (κ1) is 12.2. The van der Waals surface area contributed by atoms with Crippen molar-refractivity contribution >= 4 is 12.0 Å². The summed E-state index contributed by atoms with van der Waals surface area (Å²) in [4.78, 5) is 11.0. The number of carboxylic acid groups (broad SMARTS) is 1. The zero-order valence-corrected chi connectivity index (χ0v) is 9.39. The van der Waals surface area contributed by atoms with E-state index in [4.69, 9.17) is 5.11 Å². The Morgan fingerprint density at radius 3 is 2.56 bits per heavy atom. The fraction of sp³-hybridized carbons (Fsp3) is 0.214. The molecule has 0 amide bonds. The van der Waals surface area contributed by atoms with E-state index in [2.05, 4.69) is 6.92 Å². The number of carboxylic acids is 1. The maximum absolute atomic E-state index is 11.0. The van der Waals surface area contributed by atoms with Gasteiger partial charge in [0.25, 0.3) is 0 Å². The van der Waals surface area contributed by atoms with Gasteiger partial charge in [0.2, 0.25) is 0 Å². The Bertz CT molecular complexity index is 388. The van der Waals surface area contributed by atoms with Gasteiger partial charge in [0.05, 0.1) is 5.57 Å². The van der Waals surface area contributed by atoms with Crippen molar-refractivity contribution in [2.45, 2.75) is 19.8 Å². The first-order valence-corrected chi connectivity index (χ1v) is 5.40. The van der Waals surface area contributed by atoms with Gasteiger partial charge in [-0.1, -0.05) is 55.8 Å². The van der Waals surface area contributed by atoms with Crippen LogP contribution in [0.1, 0.15) is 25.3 Å². The first-order chi connectivity index (χ1) is 7.74. The lowest BCUT2D eigenvalue weighted by Gasteiger charge is -1.96. The second-order valence-corrected chi connectivity index (χ2v) is 3.51. The van der Waals surface area contributed by atoms with E-state index in [-0.39, 0.29) is 0 Å². The average molecular weight is 216 g/mol. The third kappa shape index (κ3) is 4.13. The van der Waals surface area contributed by atoms with E-state index >= 15 is 0 Å². The monoisotopic (exact) mass is 216 g/mol. The molecule has 0 fully saturated rings. The van der Waals surface area contributed by atoms with Crippen LogP contribution in [0, 0.1) is 0 Å². The summed E-state index contributed by atoms with van der Waals surface area (Å²) in [5.41, 5.74) is 1.22. The van der Waals surface area contributed by atoms with Gasteiger partial charge in [-0.05, 0) is 18.1 Å². The third-order valence-corrected chi connectivity index (χ3v) is 2.12. The minimum Gasteiger partial charge on any atom is -0.478 e. The van der Waals surface area contributed by atoms with Crippen molar-refractivity contribution in [3.63, 3.8) is 0 Å². The molecule has 16 heavy (non-hydrogen) atoms. The van der Waals surface area contributed by atoms with Gasteiger partial charge in [0, 0.05) is 0 Å². The number of unbranched alkanes of at least 4 members (excludes halogenated alkanes) is 1. The lowest BCUT2D eigenvalue weighted by Crippen LogP contribution is -1.97. The van der Waals surface area contributed by atoms with Crippen LogP contribution in [0.5, 0.6) is 0 Å². The second kappa shape index (κ2) is 6.62. The molecule has 1 N–H and O–H groups in total. The highest BCUT2D eigenvalue weighted by Crippen LogP contribution is 2.08. The van der Waals surface area contributed by atoms with Crippen LogP contribution < -0.4 is 0 Å². The molecule has 0 aromatic heterocycles. The molecule has 0 aliphatic rings. The number of aliphatic carboxylic acids is 1. The fourth-order valence-corrected chi connectivity index (χ4v) is 1.29. The van der Waals surface area contributed by atoms with E-state index in [0.717, 1.165) is 18.4 Å². The van der Waals surface area contributed by atoms with Gasteiger partial charge in [0.1, 0.15) is 0 Å². The van der Waals surface area contributed by atoms with E-state index in [0.29, 0.717) is 5.57 Å². The molecule has 0 aliphatic heterocycles. The molecule has 0 radical (unpaired) electrons. The minimum absolute atomic E-state index is 0.319. The number of benzene rings is 1. The molecule has 0 saturated carbocycles. The summed E-state index contributed by atoms with van der Waals surface area (Å²) in [5, 5.41) is 9.01. The topological polar surface area (TPSA) is 37.3 Å². The standard InChI is InChI=1S/C14H16O2/c1-2-3-5-10-13(14(15)16)11-12-8-6-4-7-9-12/h4-11H,2-3H2,1H3,(H,15,16). The van der Waals surface area contributed by atoms with Crippen molar-refractivity contribution in [1.29, 1.82) is 0 Å². The molecular weight excluding hydrogens is 200 g/mol. The van der Waals surface area contributed by atoms with Gasteiger partial charge < -0.3 is 5.11 Å².